The number of aliphatic imine (C=N–C) groups is 1. The molecule has 0 bridgehead atoms. The molecule has 3 rings (SSSR count). The lowest BCUT2D eigenvalue weighted by Gasteiger charge is -2.43. The van der Waals surface area contributed by atoms with Crippen molar-refractivity contribution in [3.05, 3.63) is 35.4 Å². The maximum atomic E-state index is 12.7. The maximum absolute atomic E-state index is 12.7. The van der Waals surface area contributed by atoms with Crippen LogP contribution in [0.3, 0.4) is 0 Å². The highest BCUT2D eigenvalue weighted by Gasteiger charge is 2.40. The van der Waals surface area contributed by atoms with E-state index in [2.05, 4.69) is 15.2 Å². The minimum absolute atomic E-state index is 0. The van der Waals surface area contributed by atoms with Crippen LogP contribution in [0.1, 0.15) is 17.5 Å². The Kier molecular flexibility index (Phi) is 9.57. The van der Waals surface area contributed by atoms with Crippen LogP contribution < -0.4 is 5.32 Å². The molecule has 0 aliphatic carbocycles. The number of nitrogens with one attached hydrogen (secondary N) is 1. The number of guanidine groups is 1. The number of alkyl halides is 3. The van der Waals surface area contributed by atoms with E-state index in [0.29, 0.717) is 6.54 Å². The topological polar surface area (TPSA) is 40.1 Å². The van der Waals surface area contributed by atoms with Crippen molar-refractivity contribution < 1.29 is 17.9 Å². The summed E-state index contributed by atoms with van der Waals surface area (Å²) in [5.41, 5.74) is 0.278. The zero-order valence-corrected chi connectivity index (χ0v) is 20.5. The zero-order valence-electron chi connectivity index (χ0n) is 17.4. The van der Waals surface area contributed by atoms with Gasteiger partial charge in [0.15, 0.2) is 5.96 Å². The van der Waals surface area contributed by atoms with Gasteiger partial charge < -0.3 is 15.0 Å². The van der Waals surface area contributed by atoms with Crippen molar-refractivity contribution in [2.24, 2.45) is 4.99 Å². The molecule has 2 fully saturated rings. The zero-order chi connectivity index (χ0) is 20.9. The van der Waals surface area contributed by atoms with E-state index in [0.717, 1.165) is 74.4 Å². The van der Waals surface area contributed by atoms with Gasteiger partial charge in [0.05, 0.1) is 18.8 Å². The molecule has 10 heteroatoms. The Labute approximate surface area is 197 Å². The van der Waals surface area contributed by atoms with Crippen LogP contribution in [-0.4, -0.2) is 79.7 Å². The van der Waals surface area contributed by atoms with Crippen LogP contribution in [0.5, 0.6) is 0 Å². The fraction of sp³-hybridized carbons (Fsp3) is 0.650. The maximum Gasteiger partial charge on any atom is 0.416 e. The quantitative estimate of drug-likeness (QED) is 0.340. The summed E-state index contributed by atoms with van der Waals surface area (Å²) in [6, 6.07) is 5.30. The van der Waals surface area contributed by atoms with Gasteiger partial charge in [-0.25, -0.2) is 0 Å². The van der Waals surface area contributed by atoms with Gasteiger partial charge in [-0.3, -0.25) is 9.89 Å². The van der Waals surface area contributed by atoms with Crippen molar-refractivity contribution in [1.82, 2.24) is 15.1 Å². The normalized spacial score (nSPS) is 23.2. The highest BCUT2D eigenvalue weighted by atomic mass is 127. The molecule has 0 aromatic heterocycles. The molecular weight excluding hydrogens is 528 g/mol. The molecule has 1 unspecified atom stereocenters. The highest BCUT2D eigenvalue weighted by Crippen LogP contribution is 2.33. The Morgan fingerprint density at radius 2 is 1.93 bits per heavy atom. The van der Waals surface area contributed by atoms with E-state index in [9.17, 15) is 13.2 Å². The smallest absolute Gasteiger partial charge is 0.379 e. The number of hydrogen-bond acceptors (Lipinski definition) is 4. The third-order valence-corrected chi connectivity index (χ3v) is 6.85. The number of benzene rings is 1. The molecule has 30 heavy (non-hydrogen) atoms. The van der Waals surface area contributed by atoms with Gasteiger partial charge in [0, 0.05) is 51.6 Å². The SMILES string of the molecule is CN=C(NCC1(N2CCOCC2)CCSC1)N(C)Cc1ccc(C(F)(F)F)cc1.I. The van der Waals surface area contributed by atoms with Gasteiger partial charge >= 0.3 is 6.18 Å². The van der Waals surface area contributed by atoms with Crippen LogP contribution in [0.2, 0.25) is 0 Å². The Bertz CT molecular complexity index is 690. The molecule has 2 saturated heterocycles. The molecule has 2 aliphatic rings. The summed E-state index contributed by atoms with van der Waals surface area (Å²) in [7, 11) is 3.63. The molecule has 1 atom stereocenters. The van der Waals surface area contributed by atoms with Gasteiger partial charge in [0.2, 0.25) is 0 Å². The molecule has 2 aliphatic heterocycles. The number of morpholine rings is 1. The number of thioether (sulfide) groups is 1. The average molecular weight is 558 g/mol. The number of ether oxygens (including phenoxy) is 1. The lowest BCUT2D eigenvalue weighted by Crippen LogP contribution is -2.60. The molecule has 5 nitrogen and oxygen atoms in total. The Morgan fingerprint density at radius 3 is 2.47 bits per heavy atom. The molecule has 0 spiro atoms. The molecule has 170 valence electrons. The lowest BCUT2D eigenvalue weighted by atomic mass is 9.95. The van der Waals surface area contributed by atoms with Crippen LogP contribution in [0, 0.1) is 0 Å². The minimum atomic E-state index is -4.31. The van der Waals surface area contributed by atoms with Gasteiger partial charge in [0.25, 0.3) is 0 Å². The predicted octanol–water partition coefficient (Wildman–Crippen LogP) is 3.54. The second kappa shape index (κ2) is 11.2. The highest BCUT2D eigenvalue weighted by molar-refractivity contribution is 14.0. The number of nitrogens with zero attached hydrogens (tertiary/aromatic N) is 3. The first-order valence-electron chi connectivity index (χ1n) is 9.82. The summed E-state index contributed by atoms with van der Waals surface area (Å²) in [5.74, 6) is 2.98. The second-order valence-corrected chi connectivity index (χ2v) is 8.68. The summed E-state index contributed by atoms with van der Waals surface area (Å²) in [6.07, 6.45) is -3.18. The van der Waals surface area contributed by atoms with E-state index in [1.54, 1.807) is 7.05 Å². The van der Waals surface area contributed by atoms with Crippen molar-refractivity contribution in [1.29, 1.82) is 0 Å². The van der Waals surface area contributed by atoms with Crippen LogP contribution in [-0.2, 0) is 17.5 Å². The number of halogens is 4. The molecular formula is C20H30F3IN4OS. The van der Waals surface area contributed by atoms with Crippen molar-refractivity contribution in [2.45, 2.75) is 24.7 Å². The minimum Gasteiger partial charge on any atom is -0.379 e. The molecule has 1 aromatic rings. The summed E-state index contributed by atoms with van der Waals surface area (Å²) < 4.78 is 43.8. The van der Waals surface area contributed by atoms with E-state index in [-0.39, 0.29) is 29.5 Å². The number of rotatable bonds is 5. The fourth-order valence-corrected chi connectivity index (χ4v) is 5.39. The third-order valence-electron chi connectivity index (χ3n) is 5.61. The van der Waals surface area contributed by atoms with Crippen molar-refractivity contribution in [3.8, 4) is 0 Å². The van der Waals surface area contributed by atoms with Crippen molar-refractivity contribution in [2.75, 3.05) is 58.4 Å². The van der Waals surface area contributed by atoms with Gasteiger partial charge in [0.1, 0.15) is 0 Å². The second-order valence-electron chi connectivity index (χ2n) is 7.58. The largest absolute Gasteiger partial charge is 0.416 e. The van der Waals surface area contributed by atoms with Crippen LogP contribution in [0.25, 0.3) is 0 Å². The van der Waals surface area contributed by atoms with E-state index >= 15 is 0 Å². The van der Waals surface area contributed by atoms with E-state index in [4.69, 9.17) is 4.74 Å². The third kappa shape index (κ3) is 6.39. The molecule has 0 radical (unpaired) electrons. The number of hydrogen-bond donors (Lipinski definition) is 1. The first-order chi connectivity index (χ1) is 13.8. The van der Waals surface area contributed by atoms with Gasteiger partial charge in [-0.1, -0.05) is 12.1 Å². The van der Waals surface area contributed by atoms with E-state index in [1.165, 1.54) is 12.1 Å². The van der Waals surface area contributed by atoms with Gasteiger partial charge in [-0.15, -0.1) is 24.0 Å². The first kappa shape index (κ1) is 25.5. The van der Waals surface area contributed by atoms with Gasteiger partial charge in [-0.2, -0.15) is 24.9 Å². The molecule has 1 aromatic carbocycles. The summed E-state index contributed by atoms with van der Waals surface area (Å²) >= 11 is 1.98. The summed E-state index contributed by atoms with van der Waals surface area (Å²) in [4.78, 5) is 8.86. The van der Waals surface area contributed by atoms with Crippen LogP contribution in [0.4, 0.5) is 13.2 Å². The fourth-order valence-electron chi connectivity index (χ4n) is 3.91. The molecule has 2 heterocycles. The summed E-state index contributed by atoms with van der Waals surface area (Å²) in [6.45, 7) is 4.72. The molecule has 0 saturated carbocycles. The first-order valence-corrected chi connectivity index (χ1v) is 11.0. The Hall–Kier alpha value is -0.720. The standard InChI is InChI=1S/C20H29F3N4OS.HI/c1-24-18(26(2)13-16-3-5-17(6-4-16)20(21,22)23)25-14-19(7-12-29-15-19)27-8-10-28-11-9-27;/h3-6H,7-15H2,1-2H3,(H,24,25);1H. The van der Waals surface area contributed by atoms with E-state index < -0.39 is 11.7 Å². The van der Waals surface area contributed by atoms with E-state index in [1.807, 2.05) is 23.7 Å². The average Bonchev–Trinajstić information content (AvgIpc) is 3.19. The predicted molar refractivity (Wildman–Crippen MR) is 127 cm³/mol. The molecule has 1 N–H and O–H groups in total. The van der Waals surface area contributed by atoms with Gasteiger partial charge in [-0.05, 0) is 29.9 Å². The van der Waals surface area contributed by atoms with Crippen molar-refractivity contribution >= 4 is 41.7 Å². The Morgan fingerprint density at radius 1 is 1.27 bits per heavy atom. The molecule has 0 amide bonds. The Balaban J connectivity index is 0.00000320. The lowest BCUT2D eigenvalue weighted by molar-refractivity contribution is -0.137. The van der Waals surface area contributed by atoms with Crippen LogP contribution in [0.15, 0.2) is 29.3 Å². The summed E-state index contributed by atoms with van der Waals surface area (Å²) in [5, 5.41) is 3.51. The monoisotopic (exact) mass is 558 g/mol. The van der Waals surface area contributed by atoms with Crippen LogP contribution >= 0.6 is 35.7 Å². The van der Waals surface area contributed by atoms with Crippen molar-refractivity contribution in [3.63, 3.8) is 0 Å².